The lowest BCUT2D eigenvalue weighted by molar-refractivity contribution is -0.116. The molecule has 0 aliphatic rings. The van der Waals surface area contributed by atoms with Crippen LogP contribution in [0.1, 0.15) is 36.2 Å². The van der Waals surface area contributed by atoms with Gasteiger partial charge in [-0.05, 0) is 89.6 Å². The highest BCUT2D eigenvalue weighted by molar-refractivity contribution is 14.1. The Bertz CT molecular complexity index is 851. The molecule has 2 rings (SSSR count). The smallest absolute Gasteiger partial charge is 0.257 e. The van der Waals surface area contributed by atoms with Gasteiger partial charge in [0, 0.05) is 26.9 Å². The van der Waals surface area contributed by atoms with Crippen molar-refractivity contribution in [2.45, 2.75) is 27.2 Å². The zero-order chi connectivity index (χ0) is 20.0. The summed E-state index contributed by atoms with van der Waals surface area (Å²) in [5, 5.41) is 8.70. The van der Waals surface area contributed by atoms with Gasteiger partial charge in [0.15, 0.2) is 5.11 Å². The van der Waals surface area contributed by atoms with Gasteiger partial charge in [-0.25, -0.2) is 0 Å². The maximum absolute atomic E-state index is 12.3. The van der Waals surface area contributed by atoms with E-state index in [1.165, 1.54) is 0 Å². The Hall–Kier alpha value is -2.00. The third kappa shape index (κ3) is 6.91. The maximum Gasteiger partial charge on any atom is 0.257 e. The van der Waals surface area contributed by atoms with Crippen molar-refractivity contribution in [3.63, 3.8) is 0 Å². The number of halogens is 1. The van der Waals surface area contributed by atoms with E-state index < -0.39 is 0 Å². The highest BCUT2D eigenvalue weighted by atomic mass is 127. The van der Waals surface area contributed by atoms with E-state index in [1.807, 2.05) is 32.9 Å². The molecule has 0 aromatic heterocycles. The summed E-state index contributed by atoms with van der Waals surface area (Å²) in [4.78, 5) is 24.1. The minimum atomic E-state index is -0.261. The van der Waals surface area contributed by atoms with Crippen molar-refractivity contribution in [2.24, 2.45) is 5.92 Å². The number of carbonyl (C=O) groups is 2. The molecular weight excluding hydrogens is 473 g/mol. The van der Waals surface area contributed by atoms with Crippen molar-refractivity contribution in [2.75, 3.05) is 10.6 Å². The number of rotatable bonds is 5. The third-order valence-electron chi connectivity index (χ3n) is 3.68. The summed E-state index contributed by atoms with van der Waals surface area (Å²) in [5.41, 5.74) is 3.11. The fourth-order valence-corrected chi connectivity index (χ4v) is 3.02. The zero-order valence-corrected chi connectivity index (χ0v) is 18.4. The highest BCUT2D eigenvalue weighted by Crippen LogP contribution is 2.15. The third-order valence-corrected chi connectivity index (χ3v) is 5.05. The van der Waals surface area contributed by atoms with Crippen LogP contribution in [0.5, 0.6) is 0 Å². The molecule has 142 valence electrons. The average molecular weight is 495 g/mol. The van der Waals surface area contributed by atoms with E-state index in [2.05, 4.69) is 38.5 Å². The van der Waals surface area contributed by atoms with Gasteiger partial charge in [0.1, 0.15) is 0 Å². The minimum Gasteiger partial charge on any atom is -0.332 e. The van der Waals surface area contributed by atoms with E-state index >= 15 is 0 Å². The first kappa shape index (κ1) is 21.3. The number of anilines is 2. The summed E-state index contributed by atoms with van der Waals surface area (Å²) in [6.45, 7) is 5.99. The molecule has 2 amide bonds. The number of hydrogen-bond donors (Lipinski definition) is 3. The molecule has 0 radical (unpaired) electrons. The van der Waals surface area contributed by atoms with Gasteiger partial charge < -0.3 is 10.6 Å². The fourth-order valence-electron chi connectivity index (χ4n) is 2.29. The van der Waals surface area contributed by atoms with Crippen molar-refractivity contribution in [1.29, 1.82) is 0 Å². The van der Waals surface area contributed by atoms with E-state index in [0.717, 1.165) is 20.5 Å². The number of benzene rings is 2. The first-order valence-corrected chi connectivity index (χ1v) is 10.0. The lowest BCUT2D eigenvalue weighted by Crippen LogP contribution is -2.34. The Morgan fingerprint density at radius 1 is 1.04 bits per heavy atom. The van der Waals surface area contributed by atoms with E-state index in [4.69, 9.17) is 12.2 Å². The molecule has 0 unspecified atom stereocenters. The summed E-state index contributed by atoms with van der Waals surface area (Å²) in [7, 11) is 0. The van der Waals surface area contributed by atoms with Gasteiger partial charge in [-0.2, -0.15) is 0 Å². The van der Waals surface area contributed by atoms with Crippen molar-refractivity contribution in [1.82, 2.24) is 5.32 Å². The molecule has 2 aromatic carbocycles. The van der Waals surface area contributed by atoms with Crippen LogP contribution in [0, 0.1) is 16.4 Å². The van der Waals surface area contributed by atoms with E-state index in [0.29, 0.717) is 17.9 Å². The summed E-state index contributed by atoms with van der Waals surface area (Å²) in [6.07, 6.45) is 0.480. The fraction of sp³-hybridized carbons (Fsp3) is 0.250. The van der Waals surface area contributed by atoms with E-state index in [-0.39, 0.29) is 16.9 Å². The molecule has 0 fully saturated rings. The molecule has 0 atom stereocenters. The second-order valence-electron chi connectivity index (χ2n) is 6.60. The van der Waals surface area contributed by atoms with Gasteiger partial charge in [-0.3, -0.25) is 14.9 Å². The van der Waals surface area contributed by atoms with Crippen LogP contribution >= 0.6 is 34.8 Å². The lowest BCUT2D eigenvalue weighted by Gasteiger charge is -2.11. The molecule has 2 aromatic rings. The Morgan fingerprint density at radius 3 is 2.19 bits per heavy atom. The number of carbonyl (C=O) groups excluding carboxylic acids is 2. The van der Waals surface area contributed by atoms with Crippen molar-refractivity contribution in [3.05, 3.63) is 57.2 Å². The zero-order valence-electron chi connectivity index (χ0n) is 15.4. The molecule has 27 heavy (non-hydrogen) atoms. The van der Waals surface area contributed by atoms with Crippen molar-refractivity contribution >= 4 is 63.1 Å². The normalized spacial score (nSPS) is 10.4. The lowest BCUT2D eigenvalue weighted by atomic mass is 10.1. The van der Waals surface area contributed by atoms with E-state index in [1.54, 1.807) is 30.3 Å². The Labute approximate surface area is 178 Å². The van der Waals surface area contributed by atoms with Crippen molar-refractivity contribution < 1.29 is 9.59 Å². The first-order valence-electron chi connectivity index (χ1n) is 8.53. The van der Waals surface area contributed by atoms with Crippen molar-refractivity contribution in [3.8, 4) is 0 Å². The SMILES string of the molecule is Cc1ccc(C(=O)NC(=S)Nc2ccc(NC(=O)CC(C)C)cc2)cc1I. The molecule has 3 N–H and O–H groups in total. The van der Waals surface area contributed by atoms with Gasteiger partial charge >= 0.3 is 0 Å². The van der Waals surface area contributed by atoms with Crippen LogP contribution in [0.15, 0.2) is 42.5 Å². The average Bonchev–Trinajstić information content (AvgIpc) is 2.58. The van der Waals surface area contributed by atoms with Gasteiger partial charge in [0.2, 0.25) is 5.91 Å². The van der Waals surface area contributed by atoms with Gasteiger partial charge in [0.05, 0.1) is 0 Å². The van der Waals surface area contributed by atoms with Crippen LogP contribution in [0.2, 0.25) is 0 Å². The molecule has 7 heteroatoms. The predicted octanol–water partition coefficient (Wildman–Crippen LogP) is 4.71. The Morgan fingerprint density at radius 2 is 1.63 bits per heavy atom. The molecule has 0 spiro atoms. The minimum absolute atomic E-state index is 0.0128. The van der Waals surface area contributed by atoms with Gasteiger partial charge in [0.25, 0.3) is 5.91 Å². The van der Waals surface area contributed by atoms with Crippen LogP contribution in [0.3, 0.4) is 0 Å². The molecule has 0 bridgehead atoms. The largest absolute Gasteiger partial charge is 0.332 e. The first-order chi connectivity index (χ1) is 12.7. The second kappa shape index (κ2) is 9.80. The quantitative estimate of drug-likeness (QED) is 0.415. The molecule has 0 saturated heterocycles. The predicted molar refractivity (Wildman–Crippen MR) is 122 cm³/mol. The number of hydrogen-bond acceptors (Lipinski definition) is 3. The van der Waals surface area contributed by atoms with Gasteiger partial charge in [-0.15, -0.1) is 0 Å². The highest BCUT2D eigenvalue weighted by Gasteiger charge is 2.10. The number of nitrogens with one attached hydrogen (secondary N) is 3. The van der Waals surface area contributed by atoms with Crippen LogP contribution in [0.4, 0.5) is 11.4 Å². The summed E-state index contributed by atoms with van der Waals surface area (Å²) in [5.74, 6) is 0.0351. The molecule has 5 nitrogen and oxygen atoms in total. The van der Waals surface area contributed by atoms with Gasteiger partial charge in [-0.1, -0.05) is 19.9 Å². The summed E-state index contributed by atoms with van der Waals surface area (Å²) >= 11 is 7.40. The molecule has 0 heterocycles. The van der Waals surface area contributed by atoms with Crippen LogP contribution in [-0.4, -0.2) is 16.9 Å². The van der Waals surface area contributed by atoms with Crippen LogP contribution < -0.4 is 16.0 Å². The molecule has 0 saturated carbocycles. The number of aryl methyl sites for hydroxylation is 1. The maximum atomic E-state index is 12.3. The molecule has 0 aliphatic carbocycles. The number of thiocarbonyl (C=S) groups is 1. The molecular formula is C20H22IN3O2S. The van der Waals surface area contributed by atoms with Crippen LogP contribution in [-0.2, 0) is 4.79 Å². The standard InChI is InChI=1S/C20H22IN3O2S/c1-12(2)10-18(25)22-15-6-8-16(9-7-15)23-20(27)24-19(26)14-5-4-13(3)17(21)11-14/h4-9,11-12H,10H2,1-3H3,(H,22,25)(H2,23,24,26,27). The monoisotopic (exact) mass is 495 g/mol. The van der Waals surface area contributed by atoms with Crippen LogP contribution in [0.25, 0.3) is 0 Å². The molecule has 0 aliphatic heterocycles. The van der Waals surface area contributed by atoms with E-state index in [9.17, 15) is 9.59 Å². The summed E-state index contributed by atoms with van der Waals surface area (Å²) in [6, 6.07) is 12.6. The Balaban J connectivity index is 1.90. The summed E-state index contributed by atoms with van der Waals surface area (Å²) < 4.78 is 1.02. The second-order valence-corrected chi connectivity index (χ2v) is 8.17. The Kier molecular flexibility index (Phi) is 7.73. The topological polar surface area (TPSA) is 70.2 Å². The number of amides is 2.